The van der Waals surface area contributed by atoms with Crippen LogP contribution in [0.3, 0.4) is 0 Å². The average molecular weight is 278 g/mol. The fourth-order valence-electron chi connectivity index (χ4n) is 2.12. The molecule has 0 saturated carbocycles. The largest absolute Gasteiger partial charge is 0.396 e. The van der Waals surface area contributed by atoms with E-state index in [1.165, 1.54) is 5.56 Å². The van der Waals surface area contributed by atoms with E-state index in [9.17, 15) is 4.79 Å². The van der Waals surface area contributed by atoms with Gasteiger partial charge in [-0.25, -0.2) is 0 Å². The first-order valence-corrected chi connectivity index (χ1v) is 7.16. The number of amides is 1. The van der Waals surface area contributed by atoms with Crippen LogP contribution in [-0.4, -0.2) is 41.7 Å². The van der Waals surface area contributed by atoms with Crippen molar-refractivity contribution in [2.75, 3.05) is 25.0 Å². The van der Waals surface area contributed by atoms with Crippen LogP contribution < -0.4 is 5.32 Å². The topological polar surface area (TPSA) is 52.6 Å². The molecule has 1 aromatic carbocycles. The molecule has 0 saturated heterocycles. The van der Waals surface area contributed by atoms with Crippen molar-refractivity contribution in [3.05, 3.63) is 29.3 Å². The van der Waals surface area contributed by atoms with E-state index in [0.717, 1.165) is 17.8 Å². The predicted molar refractivity (Wildman–Crippen MR) is 83.0 cm³/mol. The normalized spacial score (nSPS) is 11.2. The van der Waals surface area contributed by atoms with Gasteiger partial charge in [0.05, 0.1) is 6.54 Å². The molecule has 0 heterocycles. The molecule has 0 aliphatic carbocycles. The van der Waals surface area contributed by atoms with E-state index in [2.05, 4.69) is 30.1 Å². The van der Waals surface area contributed by atoms with Crippen molar-refractivity contribution >= 4 is 11.6 Å². The van der Waals surface area contributed by atoms with Crippen molar-refractivity contribution in [3.63, 3.8) is 0 Å². The third kappa shape index (κ3) is 5.31. The lowest BCUT2D eigenvalue weighted by Crippen LogP contribution is -2.39. The molecule has 4 heteroatoms. The molecule has 1 amide bonds. The molecule has 0 aromatic heterocycles. The van der Waals surface area contributed by atoms with Crippen LogP contribution in [0.5, 0.6) is 0 Å². The lowest BCUT2D eigenvalue weighted by atomic mass is 10.1. The van der Waals surface area contributed by atoms with Crippen LogP contribution >= 0.6 is 0 Å². The summed E-state index contributed by atoms with van der Waals surface area (Å²) in [7, 11) is 0. The first-order valence-electron chi connectivity index (χ1n) is 7.16. The quantitative estimate of drug-likeness (QED) is 0.805. The Hall–Kier alpha value is -1.39. The van der Waals surface area contributed by atoms with Crippen molar-refractivity contribution in [3.8, 4) is 0 Å². The summed E-state index contributed by atoms with van der Waals surface area (Å²) >= 11 is 0. The molecule has 0 bridgehead atoms. The predicted octanol–water partition coefficient (Wildman–Crippen LogP) is 2.33. The number of aliphatic hydroxyl groups excluding tert-OH is 1. The average Bonchev–Trinajstić information content (AvgIpc) is 2.37. The van der Waals surface area contributed by atoms with E-state index in [4.69, 9.17) is 5.11 Å². The standard InChI is InChI=1S/C16H26N2O2/c1-12(2)18(8-5-9-19)11-16(20)17-15-7-6-13(3)10-14(15)4/h6-7,10,12,19H,5,8-9,11H2,1-4H3,(H,17,20). The molecule has 0 aliphatic rings. The van der Waals surface area contributed by atoms with E-state index in [-0.39, 0.29) is 18.6 Å². The Bertz CT molecular complexity index is 444. The van der Waals surface area contributed by atoms with E-state index in [1.54, 1.807) is 0 Å². The Morgan fingerprint density at radius 2 is 2.05 bits per heavy atom. The van der Waals surface area contributed by atoms with E-state index < -0.39 is 0 Å². The minimum absolute atomic E-state index is 0.0106. The number of hydrogen-bond donors (Lipinski definition) is 2. The van der Waals surface area contributed by atoms with Gasteiger partial charge < -0.3 is 10.4 Å². The van der Waals surface area contributed by atoms with Crippen molar-refractivity contribution in [2.24, 2.45) is 0 Å². The van der Waals surface area contributed by atoms with Gasteiger partial charge in [0.1, 0.15) is 0 Å². The third-order valence-electron chi connectivity index (χ3n) is 3.34. The van der Waals surface area contributed by atoms with Crippen LogP contribution in [0, 0.1) is 13.8 Å². The van der Waals surface area contributed by atoms with Gasteiger partial charge in [-0.1, -0.05) is 17.7 Å². The Balaban J connectivity index is 2.61. The van der Waals surface area contributed by atoms with Crippen LogP contribution in [0.25, 0.3) is 0 Å². The van der Waals surface area contributed by atoms with Gasteiger partial charge in [-0.05, 0) is 45.7 Å². The molecule has 112 valence electrons. The first-order chi connectivity index (χ1) is 9.43. The number of aliphatic hydroxyl groups is 1. The number of rotatable bonds is 7. The number of carbonyl (C=O) groups excluding carboxylic acids is 1. The first kappa shape index (κ1) is 16.7. The SMILES string of the molecule is Cc1ccc(NC(=O)CN(CCCO)C(C)C)c(C)c1. The van der Waals surface area contributed by atoms with E-state index in [0.29, 0.717) is 13.0 Å². The van der Waals surface area contributed by atoms with Crippen molar-refractivity contribution in [1.82, 2.24) is 4.90 Å². The van der Waals surface area contributed by atoms with Gasteiger partial charge in [0, 0.05) is 24.9 Å². The molecule has 1 aromatic rings. The molecule has 2 N–H and O–H groups in total. The lowest BCUT2D eigenvalue weighted by molar-refractivity contribution is -0.117. The maximum absolute atomic E-state index is 12.1. The second-order valence-corrected chi connectivity index (χ2v) is 5.51. The summed E-state index contributed by atoms with van der Waals surface area (Å²) < 4.78 is 0. The number of nitrogens with zero attached hydrogens (tertiary/aromatic N) is 1. The maximum atomic E-state index is 12.1. The molecule has 0 radical (unpaired) electrons. The van der Waals surface area contributed by atoms with Crippen LogP contribution in [-0.2, 0) is 4.79 Å². The number of nitrogens with one attached hydrogen (secondary N) is 1. The fourth-order valence-corrected chi connectivity index (χ4v) is 2.12. The van der Waals surface area contributed by atoms with Crippen molar-refractivity contribution < 1.29 is 9.90 Å². The lowest BCUT2D eigenvalue weighted by Gasteiger charge is -2.25. The molecule has 20 heavy (non-hydrogen) atoms. The Morgan fingerprint density at radius 3 is 2.60 bits per heavy atom. The maximum Gasteiger partial charge on any atom is 0.238 e. The fraction of sp³-hybridized carbons (Fsp3) is 0.562. The number of hydrogen-bond acceptors (Lipinski definition) is 3. The van der Waals surface area contributed by atoms with Gasteiger partial charge in [0.2, 0.25) is 5.91 Å². The molecule has 0 aliphatic heterocycles. The highest BCUT2D eigenvalue weighted by Gasteiger charge is 2.14. The minimum atomic E-state index is -0.0106. The third-order valence-corrected chi connectivity index (χ3v) is 3.34. The van der Waals surface area contributed by atoms with Gasteiger partial charge in [0.15, 0.2) is 0 Å². The van der Waals surface area contributed by atoms with Crippen LogP contribution in [0.15, 0.2) is 18.2 Å². The molecule has 0 fully saturated rings. The van der Waals surface area contributed by atoms with Gasteiger partial charge in [-0.2, -0.15) is 0 Å². The smallest absolute Gasteiger partial charge is 0.238 e. The summed E-state index contributed by atoms with van der Waals surface area (Å²) in [6, 6.07) is 6.28. The summed E-state index contributed by atoms with van der Waals surface area (Å²) in [5.41, 5.74) is 3.13. The van der Waals surface area contributed by atoms with Gasteiger partial charge in [-0.3, -0.25) is 9.69 Å². The summed E-state index contributed by atoms with van der Waals surface area (Å²) in [6.45, 7) is 9.38. The number of aryl methyl sites for hydroxylation is 2. The summed E-state index contributed by atoms with van der Waals surface area (Å²) in [5, 5.41) is 11.9. The van der Waals surface area contributed by atoms with Gasteiger partial charge >= 0.3 is 0 Å². The molecule has 0 atom stereocenters. The Kier molecular flexibility index (Phi) is 6.68. The van der Waals surface area contributed by atoms with Crippen LogP contribution in [0.4, 0.5) is 5.69 Å². The summed E-state index contributed by atoms with van der Waals surface area (Å²) in [5.74, 6) is -0.0106. The van der Waals surface area contributed by atoms with Crippen LogP contribution in [0.2, 0.25) is 0 Å². The zero-order valence-electron chi connectivity index (χ0n) is 12.9. The van der Waals surface area contributed by atoms with Crippen LogP contribution in [0.1, 0.15) is 31.4 Å². The monoisotopic (exact) mass is 278 g/mol. The molecular weight excluding hydrogens is 252 g/mol. The second-order valence-electron chi connectivity index (χ2n) is 5.51. The zero-order valence-corrected chi connectivity index (χ0v) is 12.9. The number of benzene rings is 1. The van der Waals surface area contributed by atoms with Gasteiger partial charge in [0.25, 0.3) is 0 Å². The Labute approximate surface area is 121 Å². The minimum Gasteiger partial charge on any atom is -0.396 e. The van der Waals surface area contributed by atoms with E-state index in [1.807, 2.05) is 26.0 Å². The summed E-state index contributed by atoms with van der Waals surface area (Å²) in [4.78, 5) is 14.2. The summed E-state index contributed by atoms with van der Waals surface area (Å²) in [6.07, 6.45) is 0.690. The van der Waals surface area contributed by atoms with Gasteiger partial charge in [-0.15, -0.1) is 0 Å². The number of anilines is 1. The second kappa shape index (κ2) is 8.02. The highest BCUT2D eigenvalue weighted by molar-refractivity contribution is 5.93. The highest BCUT2D eigenvalue weighted by atomic mass is 16.3. The highest BCUT2D eigenvalue weighted by Crippen LogP contribution is 2.16. The molecule has 4 nitrogen and oxygen atoms in total. The number of carbonyl (C=O) groups is 1. The Morgan fingerprint density at radius 1 is 1.35 bits per heavy atom. The molecule has 0 unspecified atom stereocenters. The molecular formula is C16H26N2O2. The molecule has 0 spiro atoms. The van der Waals surface area contributed by atoms with Crippen molar-refractivity contribution in [1.29, 1.82) is 0 Å². The zero-order chi connectivity index (χ0) is 15.1. The van der Waals surface area contributed by atoms with Crippen molar-refractivity contribution in [2.45, 2.75) is 40.2 Å². The van der Waals surface area contributed by atoms with E-state index >= 15 is 0 Å². The molecule has 1 rings (SSSR count).